The van der Waals surface area contributed by atoms with E-state index >= 15 is 0 Å². The van der Waals surface area contributed by atoms with E-state index in [0.717, 1.165) is 9.37 Å². The summed E-state index contributed by atoms with van der Waals surface area (Å²) in [5.41, 5.74) is 1.75. The third-order valence-corrected chi connectivity index (χ3v) is 5.56. The molecule has 0 atom stereocenters. The van der Waals surface area contributed by atoms with E-state index in [-0.39, 0.29) is 11.7 Å². The van der Waals surface area contributed by atoms with E-state index in [1.807, 2.05) is 24.5 Å². The van der Waals surface area contributed by atoms with Crippen molar-refractivity contribution < 1.29 is 9.59 Å². The highest BCUT2D eigenvalue weighted by Gasteiger charge is 2.19. The Hall–Kier alpha value is -2.08. The number of ketones is 1. The minimum absolute atomic E-state index is 0.254. The zero-order chi connectivity index (χ0) is 19.4. The van der Waals surface area contributed by atoms with E-state index in [2.05, 4.69) is 21.2 Å². The second-order valence-corrected chi connectivity index (χ2v) is 7.82. The molecule has 0 fully saturated rings. The van der Waals surface area contributed by atoms with Crippen molar-refractivity contribution in [3.05, 3.63) is 92.9 Å². The van der Waals surface area contributed by atoms with Gasteiger partial charge in [0.1, 0.15) is 0 Å². The van der Waals surface area contributed by atoms with Crippen LogP contribution in [0.3, 0.4) is 0 Å². The third kappa shape index (κ3) is 4.43. The highest BCUT2D eigenvalue weighted by Crippen LogP contribution is 2.28. The fourth-order valence-electron chi connectivity index (χ4n) is 2.63. The molecule has 0 saturated heterocycles. The highest BCUT2D eigenvalue weighted by atomic mass is 79.9. The van der Waals surface area contributed by atoms with Gasteiger partial charge in [-0.1, -0.05) is 51.8 Å². The van der Waals surface area contributed by atoms with E-state index in [1.165, 1.54) is 11.8 Å². The van der Waals surface area contributed by atoms with Gasteiger partial charge >= 0.3 is 0 Å². The molecule has 0 spiro atoms. The molecule has 27 heavy (non-hydrogen) atoms. The van der Waals surface area contributed by atoms with Crippen molar-refractivity contribution >= 4 is 56.7 Å². The van der Waals surface area contributed by atoms with E-state index in [0.29, 0.717) is 27.4 Å². The normalized spacial score (nSPS) is 10.5. The van der Waals surface area contributed by atoms with E-state index in [4.69, 9.17) is 11.6 Å². The van der Waals surface area contributed by atoms with Gasteiger partial charge in [-0.05, 0) is 48.7 Å². The van der Waals surface area contributed by atoms with Crippen molar-refractivity contribution in [3.8, 4) is 0 Å². The number of hydrogen-bond donors (Lipinski definition) is 1. The molecule has 3 rings (SSSR count). The molecule has 3 aromatic rings. The van der Waals surface area contributed by atoms with Gasteiger partial charge in [0.05, 0.1) is 16.3 Å². The van der Waals surface area contributed by atoms with E-state index in [1.54, 1.807) is 48.5 Å². The third-order valence-electron chi connectivity index (χ3n) is 3.94. The predicted octanol–water partition coefficient (Wildman–Crippen LogP) is 6.31. The Kier molecular flexibility index (Phi) is 6.37. The maximum absolute atomic E-state index is 13.0. The van der Waals surface area contributed by atoms with Crippen LogP contribution in [0.1, 0.15) is 26.3 Å². The molecule has 0 aromatic heterocycles. The largest absolute Gasteiger partial charge is 0.321 e. The monoisotopic (exact) mass is 459 g/mol. The van der Waals surface area contributed by atoms with Gasteiger partial charge in [0, 0.05) is 20.5 Å². The summed E-state index contributed by atoms with van der Waals surface area (Å²) >= 11 is 11.1. The Morgan fingerprint density at radius 2 is 1.59 bits per heavy atom. The zero-order valence-electron chi connectivity index (χ0n) is 14.3. The summed E-state index contributed by atoms with van der Waals surface area (Å²) in [6.45, 7) is 0. The molecule has 3 nitrogen and oxygen atoms in total. The Labute approximate surface area is 175 Å². The van der Waals surface area contributed by atoms with Crippen LogP contribution >= 0.6 is 39.3 Å². The molecule has 1 amide bonds. The number of rotatable bonds is 5. The second-order valence-electron chi connectivity index (χ2n) is 5.65. The average molecular weight is 461 g/mol. The number of carbonyl (C=O) groups is 2. The lowest BCUT2D eigenvalue weighted by Crippen LogP contribution is -2.16. The number of nitrogens with one attached hydrogen (secondary N) is 1. The molecule has 0 aliphatic heterocycles. The average Bonchev–Trinajstić information content (AvgIpc) is 2.69. The molecule has 0 unspecified atom stereocenters. The summed E-state index contributed by atoms with van der Waals surface area (Å²) < 4.78 is 0.736. The lowest BCUT2D eigenvalue weighted by molar-refractivity contribution is 0.102. The van der Waals surface area contributed by atoms with Crippen LogP contribution < -0.4 is 5.32 Å². The minimum Gasteiger partial charge on any atom is -0.321 e. The van der Waals surface area contributed by atoms with Gasteiger partial charge in [0.2, 0.25) is 0 Å². The van der Waals surface area contributed by atoms with Gasteiger partial charge in [-0.2, -0.15) is 0 Å². The summed E-state index contributed by atoms with van der Waals surface area (Å²) in [7, 11) is 0. The smallest absolute Gasteiger partial charge is 0.256 e. The molecular weight excluding hydrogens is 446 g/mol. The number of amides is 1. The molecular formula is C21H15BrClNO2S. The summed E-state index contributed by atoms with van der Waals surface area (Å²) in [5.74, 6) is -0.522. The summed E-state index contributed by atoms with van der Waals surface area (Å²) in [6, 6.07) is 19.4. The number of hydrogen-bond acceptors (Lipinski definition) is 3. The van der Waals surface area contributed by atoms with Crippen molar-refractivity contribution in [1.29, 1.82) is 0 Å². The summed E-state index contributed by atoms with van der Waals surface area (Å²) in [6.07, 6.45) is 1.91. The molecule has 136 valence electrons. The van der Waals surface area contributed by atoms with Gasteiger partial charge in [-0.3, -0.25) is 9.59 Å². The van der Waals surface area contributed by atoms with Crippen LogP contribution in [-0.2, 0) is 0 Å². The Morgan fingerprint density at radius 1 is 0.926 bits per heavy atom. The van der Waals surface area contributed by atoms with Crippen LogP contribution in [0.25, 0.3) is 0 Å². The Balaban J connectivity index is 1.99. The first-order valence-electron chi connectivity index (χ1n) is 8.04. The molecule has 0 bridgehead atoms. The molecule has 0 aliphatic carbocycles. The summed E-state index contributed by atoms with van der Waals surface area (Å²) in [5, 5.41) is 3.23. The molecule has 3 aromatic carbocycles. The van der Waals surface area contributed by atoms with Gasteiger partial charge in [-0.25, -0.2) is 0 Å². The minimum atomic E-state index is -0.268. The first-order chi connectivity index (χ1) is 13.0. The van der Waals surface area contributed by atoms with E-state index < -0.39 is 0 Å². The number of benzene rings is 3. The van der Waals surface area contributed by atoms with Crippen LogP contribution in [0.4, 0.5) is 5.69 Å². The molecule has 0 saturated carbocycles. The first kappa shape index (κ1) is 19.7. The van der Waals surface area contributed by atoms with Gasteiger partial charge in [0.15, 0.2) is 5.78 Å². The lowest BCUT2D eigenvalue weighted by Gasteiger charge is -2.13. The SMILES string of the molecule is CSc1ccccc1C(=O)Nc1ccc(Br)cc1C(=O)c1ccccc1Cl. The zero-order valence-corrected chi connectivity index (χ0v) is 17.5. The van der Waals surface area contributed by atoms with Crippen LogP contribution in [0.15, 0.2) is 76.1 Å². The second kappa shape index (κ2) is 8.74. The van der Waals surface area contributed by atoms with Crippen molar-refractivity contribution in [1.82, 2.24) is 0 Å². The number of halogens is 2. The first-order valence-corrected chi connectivity index (χ1v) is 10.4. The quantitative estimate of drug-likeness (QED) is 0.358. The Morgan fingerprint density at radius 3 is 2.30 bits per heavy atom. The van der Waals surface area contributed by atoms with Crippen molar-refractivity contribution in [2.75, 3.05) is 11.6 Å². The van der Waals surface area contributed by atoms with Crippen LogP contribution in [0, 0.1) is 0 Å². The van der Waals surface area contributed by atoms with Crippen LogP contribution in [0.2, 0.25) is 5.02 Å². The van der Waals surface area contributed by atoms with Crippen molar-refractivity contribution in [2.45, 2.75) is 4.90 Å². The maximum atomic E-state index is 13.0. The lowest BCUT2D eigenvalue weighted by atomic mass is 10.0. The maximum Gasteiger partial charge on any atom is 0.256 e. The standard InChI is InChI=1S/C21H15BrClNO2S/c1-27-19-9-5-3-7-15(19)21(26)24-18-11-10-13(22)12-16(18)20(25)14-6-2-4-8-17(14)23/h2-12H,1H3,(H,24,26). The molecule has 0 radical (unpaired) electrons. The van der Waals surface area contributed by atoms with Gasteiger partial charge < -0.3 is 5.32 Å². The fourth-order valence-corrected chi connectivity index (χ4v) is 3.80. The molecule has 6 heteroatoms. The van der Waals surface area contributed by atoms with Gasteiger partial charge in [-0.15, -0.1) is 11.8 Å². The fraction of sp³-hybridized carbons (Fsp3) is 0.0476. The molecule has 1 N–H and O–H groups in total. The van der Waals surface area contributed by atoms with Gasteiger partial charge in [0.25, 0.3) is 5.91 Å². The summed E-state index contributed by atoms with van der Waals surface area (Å²) in [4.78, 5) is 26.7. The number of carbonyl (C=O) groups excluding carboxylic acids is 2. The highest BCUT2D eigenvalue weighted by molar-refractivity contribution is 9.10. The van der Waals surface area contributed by atoms with Crippen LogP contribution in [-0.4, -0.2) is 17.9 Å². The topological polar surface area (TPSA) is 46.2 Å². The number of thioether (sulfide) groups is 1. The number of anilines is 1. The molecule has 0 heterocycles. The van der Waals surface area contributed by atoms with Crippen molar-refractivity contribution in [3.63, 3.8) is 0 Å². The van der Waals surface area contributed by atoms with Crippen LogP contribution in [0.5, 0.6) is 0 Å². The molecule has 0 aliphatic rings. The Bertz CT molecular complexity index is 1020. The van der Waals surface area contributed by atoms with E-state index in [9.17, 15) is 9.59 Å². The predicted molar refractivity (Wildman–Crippen MR) is 115 cm³/mol. The van der Waals surface area contributed by atoms with Crippen molar-refractivity contribution in [2.24, 2.45) is 0 Å².